The summed E-state index contributed by atoms with van der Waals surface area (Å²) in [6, 6.07) is 33.8. The molecule has 4 nitrogen and oxygen atoms in total. The molecule has 46 heavy (non-hydrogen) atoms. The Morgan fingerprint density at radius 3 is 2.22 bits per heavy atom. The number of aryl methyl sites for hydroxylation is 2. The summed E-state index contributed by atoms with van der Waals surface area (Å²) in [5.41, 5.74) is 9.94. The molecular formula is C41H36N3OPt-. The summed E-state index contributed by atoms with van der Waals surface area (Å²) in [6.45, 7) is 15.4. The van der Waals surface area contributed by atoms with Crippen molar-refractivity contribution in [2.24, 2.45) is 0 Å². The van der Waals surface area contributed by atoms with E-state index >= 15 is 0 Å². The molecule has 1 aliphatic heterocycles. The molecule has 0 atom stereocenters. The first-order chi connectivity index (χ1) is 21.4. The van der Waals surface area contributed by atoms with Gasteiger partial charge >= 0.3 is 0 Å². The Morgan fingerprint density at radius 1 is 0.761 bits per heavy atom. The van der Waals surface area contributed by atoms with E-state index in [0.29, 0.717) is 5.52 Å². The van der Waals surface area contributed by atoms with Gasteiger partial charge in [0, 0.05) is 37.8 Å². The van der Waals surface area contributed by atoms with Crippen molar-refractivity contribution in [1.82, 2.24) is 9.97 Å². The monoisotopic (exact) mass is 781 g/mol. The zero-order valence-corrected chi connectivity index (χ0v) is 29.5. The maximum absolute atomic E-state index is 11.4. The van der Waals surface area contributed by atoms with Gasteiger partial charge in [-0.2, -0.15) is 0 Å². The minimum absolute atomic E-state index is 0. The zero-order valence-electron chi connectivity index (χ0n) is 27.2. The van der Waals surface area contributed by atoms with Crippen LogP contribution in [0.15, 0.2) is 84.9 Å². The number of hydrogen-bond acceptors (Lipinski definition) is 4. The van der Waals surface area contributed by atoms with Crippen molar-refractivity contribution in [1.29, 1.82) is 0 Å². The quantitative estimate of drug-likeness (QED) is 0.140. The molecule has 1 N–H and O–H groups in total. The van der Waals surface area contributed by atoms with Gasteiger partial charge in [0.25, 0.3) is 0 Å². The summed E-state index contributed by atoms with van der Waals surface area (Å²) >= 11 is 0. The number of nitrogens with zero attached hydrogens (tertiary/aromatic N) is 3. The number of benzene rings is 5. The average molecular weight is 782 g/mol. The fourth-order valence-electron chi connectivity index (χ4n) is 7.28. The Bertz CT molecular complexity index is 2310. The topological polar surface area (TPSA) is 49.2 Å². The number of fused-ring (bicyclic) bond motifs is 2. The molecule has 0 amide bonds. The SMILES string of the molecule is Cc1cc(C)nc(N2c3[c-]c(-c4cc5ccc6cc(C(C)(C)C)cc7cc(O)c(n4)c5c67)ccc3C(C)(C)c3ccccc32)c1.[Pt]. The number of aromatic hydroxyl groups is 1. The van der Waals surface area contributed by atoms with Gasteiger partial charge in [0.15, 0.2) is 0 Å². The van der Waals surface area contributed by atoms with Crippen molar-refractivity contribution in [3.05, 3.63) is 119 Å². The fraction of sp³-hybridized carbons (Fsp3) is 0.220. The summed E-state index contributed by atoms with van der Waals surface area (Å²) < 4.78 is 0. The van der Waals surface area contributed by atoms with Crippen molar-refractivity contribution in [2.45, 2.75) is 59.3 Å². The van der Waals surface area contributed by atoms with Crippen LogP contribution in [0.4, 0.5) is 17.2 Å². The molecule has 5 aromatic carbocycles. The predicted octanol–water partition coefficient (Wildman–Crippen LogP) is 10.6. The molecule has 8 rings (SSSR count). The van der Waals surface area contributed by atoms with Crippen LogP contribution in [-0.2, 0) is 31.9 Å². The van der Waals surface area contributed by atoms with Gasteiger partial charge in [0.1, 0.15) is 17.1 Å². The van der Waals surface area contributed by atoms with Crippen molar-refractivity contribution >= 4 is 49.6 Å². The van der Waals surface area contributed by atoms with Crippen LogP contribution in [0.25, 0.3) is 43.7 Å². The Labute approximate surface area is 284 Å². The second-order valence-electron chi connectivity index (χ2n) is 14.2. The van der Waals surface area contributed by atoms with Gasteiger partial charge in [-0.25, -0.2) is 4.98 Å². The van der Waals surface area contributed by atoms with Crippen LogP contribution in [0, 0.1) is 19.9 Å². The molecule has 0 aliphatic carbocycles. The number of hydrogen-bond donors (Lipinski definition) is 1. The van der Waals surface area contributed by atoms with Gasteiger partial charge < -0.3 is 10.0 Å². The van der Waals surface area contributed by atoms with Crippen LogP contribution in [-0.4, -0.2) is 15.1 Å². The van der Waals surface area contributed by atoms with E-state index in [1.807, 2.05) is 13.0 Å². The number of phenols is 1. The van der Waals surface area contributed by atoms with E-state index in [1.165, 1.54) is 22.1 Å². The molecule has 2 aromatic heterocycles. The van der Waals surface area contributed by atoms with Gasteiger partial charge in [0.2, 0.25) is 0 Å². The Kier molecular flexibility index (Phi) is 6.85. The van der Waals surface area contributed by atoms with E-state index in [-0.39, 0.29) is 37.6 Å². The largest absolute Gasteiger partial charge is 0.506 e. The molecule has 0 saturated heterocycles. The van der Waals surface area contributed by atoms with Gasteiger partial charge in [-0.3, -0.25) is 4.98 Å². The second-order valence-corrected chi connectivity index (χ2v) is 14.2. The van der Waals surface area contributed by atoms with E-state index in [9.17, 15) is 5.11 Å². The number of phenolic OH excluding ortho intramolecular Hbond substituents is 1. The third-order valence-corrected chi connectivity index (χ3v) is 9.57. The van der Waals surface area contributed by atoms with Crippen molar-refractivity contribution in [3.8, 4) is 17.0 Å². The third-order valence-electron chi connectivity index (χ3n) is 9.57. The first-order valence-corrected chi connectivity index (χ1v) is 15.7. The minimum Gasteiger partial charge on any atom is -0.506 e. The molecule has 7 aromatic rings. The van der Waals surface area contributed by atoms with Crippen LogP contribution in [0.3, 0.4) is 0 Å². The van der Waals surface area contributed by atoms with E-state index in [2.05, 4.69) is 131 Å². The number of pyridine rings is 2. The molecule has 0 bridgehead atoms. The van der Waals surface area contributed by atoms with Crippen LogP contribution in [0.5, 0.6) is 5.75 Å². The maximum atomic E-state index is 11.4. The Hall–Kier alpha value is -4.27. The van der Waals surface area contributed by atoms with Gasteiger partial charge in [-0.05, 0) is 98.6 Å². The summed E-state index contributed by atoms with van der Waals surface area (Å²) in [6.07, 6.45) is 0. The third kappa shape index (κ3) is 4.53. The van der Waals surface area contributed by atoms with Gasteiger partial charge in [0.05, 0.1) is 0 Å². The maximum Gasteiger partial charge on any atom is 0.141 e. The Morgan fingerprint density at radius 2 is 1.48 bits per heavy atom. The van der Waals surface area contributed by atoms with Crippen molar-refractivity contribution < 1.29 is 26.2 Å². The molecule has 0 unspecified atom stereocenters. The van der Waals surface area contributed by atoms with E-state index in [4.69, 9.17) is 9.97 Å². The minimum atomic E-state index is -0.235. The first kappa shape index (κ1) is 30.4. The summed E-state index contributed by atoms with van der Waals surface area (Å²) in [5, 5.41) is 16.8. The van der Waals surface area contributed by atoms with Crippen molar-refractivity contribution in [3.63, 3.8) is 0 Å². The number of rotatable bonds is 2. The summed E-state index contributed by atoms with van der Waals surface area (Å²) in [7, 11) is 0. The van der Waals surface area contributed by atoms with Crippen LogP contribution in [0.2, 0.25) is 0 Å². The van der Waals surface area contributed by atoms with E-state index in [0.717, 1.165) is 61.3 Å². The Balaban J connectivity index is 0.00000338. The van der Waals surface area contributed by atoms with Gasteiger partial charge in [-0.15, -0.1) is 23.8 Å². The number of anilines is 3. The van der Waals surface area contributed by atoms with E-state index in [1.54, 1.807) is 0 Å². The summed E-state index contributed by atoms with van der Waals surface area (Å²) in [5.74, 6) is 1.07. The zero-order chi connectivity index (χ0) is 31.4. The molecule has 3 heterocycles. The second kappa shape index (κ2) is 10.4. The number of para-hydroxylation sites is 1. The average Bonchev–Trinajstić information content (AvgIpc) is 2.99. The molecule has 0 saturated carbocycles. The molecular weight excluding hydrogens is 746 g/mol. The van der Waals surface area contributed by atoms with Crippen LogP contribution < -0.4 is 4.90 Å². The molecule has 0 fully saturated rings. The van der Waals surface area contributed by atoms with E-state index < -0.39 is 0 Å². The molecule has 5 heteroatoms. The molecule has 232 valence electrons. The smallest absolute Gasteiger partial charge is 0.141 e. The van der Waals surface area contributed by atoms with Crippen molar-refractivity contribution in [2.75, 3.05) is 4.90 Å². The molecule has 1 aliphatic rings. The van der Waals surface area contributed by atoms with Crippen LogP contribution >= 0.6 is 0 Å². The number of aromatic nitrogens is 2. The normalized spacial score (nSPS) is 14.0. The summed E-state index contributed by atoms with van der Waals surface area (Å²) in [4.78, 5) is 12.3. The van der Waals surface area contributed by atoms with Crippen LogP contribution in [0.1, 0.15) is 62.6 Å². The molecule has 0 radical (unpaired) electrons. The molecule has 0 spiro atoms. The standard InChI is InChI=1S/C41H36N3O.Pt/c1-23-16-24(2)42-36(17-23)44-33-11-9-8-10-30(33)41(6,7)31-15-14-25(21-34(31)44)32-20-27-13-12-26-18-29(40(3,4)5)19-28-22-35(45)39(43-32)38(27)37(26)28;/h8-20,22,45H,1-7H3;/q-1;. The first-order valence-electron chi connectivity index (χ1n) is 15.7. The predicted molar refractivity (Wildman–Crippen MR) is 187 cm³/mol. The van der Waals surface area contributed by atoms with Gasteiger partial charge in [-0.1, -0.05) is 88.7 Å². The fourth-order valence-corrected chi connectivity index (χ4v) is 7.28.